The third-order valence-electron chi connectivity index (χ3n) is 4.69. The van der Waals surface area contributed by atoms with Crippen LogP contribution in [0.3, 0.4) is 0 Å². The largest absolute Gasteiger partial charge is 0.495 e. The summed E-state index contributed by atoms with van der Waals surface area (Å²) in [6.45, 7) is 6.23. The van der Waals surface area contributed by atoms with Crippen molar-refractivity contribution in [2.24, 2.45) is 10.2 Å². The van der Waals surface area contributed by atoms with Gasteiger partial charge in [0.2, 0.25) is 0 Å². The lowest BCUT2D eigenvalue weighted by molar-refractivity contribution is -0.384. The Morgan fingerprint density at radius 3 is 2.24 bits per heavy atom. The number of benzene rings is 2. The van der Waals surface area contributed by atoms with E-state index in [9.17, 15) is 20.6 Å². The molecule has 34 heavy (non-hydrogen) atoms. The van der Waals surface area contributed by atoms with E-state index in [2.05, 4.69) is 15.1 Å². The molecular weight excluding hydrogens is 440 g/mol. The Bertz CT molecular complexity index is 1080. The highest BCUT2D eigenvalue weighted by molar-refractivity contribution is 5.68. The average Bonchev–Trinajstić information content (AvgIpc) is 2.83. The van der Waals surface area contributed by atoms with Gasteiger partial charge in [-0.2, -0.15) is 15.6 Å². The molecule has 0 radical (unpaired) electrons. The van der Waals surface area contributed by atoms with Gasteiger partial charge in [-0.3, -0.25) is 10.1 Å². The van der Waals surface area contributed by atoms with Crippen LogP contribution in [0.5, 0.6) is 5.75 Å². The molecule has 0 aliphatic carbocycles. The third kappa shape index (κ3) is 6.97. The van der Waals surface area contributed by atoms with E-state index in [0.29, 0.717) is 37.7 Å². The van der Waals surface area contributed by atoms with Crippen molar-refractivity contribution in [2.45, 2.75) is 20.0 Å². The number of anilines is 1. The Balaban J connectivity index is 2.37. The van der Waals surface area contributed by atoms with Gasteiger partial charge < -0.3 is 19.1 Å². The van der Waals surface area contributed by atoms with Crippen molar-refractivity contribution >= 4 is 22.7 Å². The van der Waals surface area contributed by atoms with Crippen LogP contribution in [0.2, 0.25) is 0 Å². The van der Waals surface area contributed by atoms with E-state index >= 15 is 0 Å². The minimum atomic E-state index is -0.673. The topological polar surface area (TPSA) is 146 Å². The highest BCUT2D eigenvalue weighted by Crippen LogP contribution is 2.35. The molecule has 0 amide bonds. The zero-order chi connectivity index (χ0) is 25.1. The summed E-state index contributed by atoms with van der Waals surface area (Å²) in [5, 5.41) is 37.9. The van der Waals surface area contributed by atoms with Gasteiger partial charge in [0.1, 0.15) is 23.6 Å². The van der Waals surface area contributed by atoms with Gasteiger partial charge in [0, 0.05) is 38.4 Å². The third-order valence-corrected chi connectivity index (χ3v) is 4.69. The Labute approximate surface area is 197 Å². The second-order valence-corrected chi connectivity index (χ2v) is 7.33. The van der Waals surface area contributed by atoms with Crippen LogP contribution in [0.1, 0.15) is 25.0 Å². The second-order valence-electron chi connectivity index (χ2n) is 7.33. The fourth-order valence-electron chi connectivity index (χ4n) is 3.05. The summed E-state index contributed by atoms with van der Waals surface area (Å²) < 4.78 is 16.4. The lowest BCUT2D eigenvalue weighted by atomic mass is 10.1. The molecule has 0 unspecified atom stereocenters. The molecule has 2 aromatic carbocycles. The average molecular weight is 466 g/mol. The summed E-state index contributed by atoms with van der Waals surface area (Å²) >= 11 is 0. The molecule has 0 N–H and O–H groups in total. The highest BCUT2D eigenvalue weighted by atomic mass is 16.6. The summed E-state index contributed by atoms with van der Waals surface area (Å²) in [6, 6.07) is 11.0. The number of azo groups is 1. The molecule has 0 atom stereocenters. The van der Waals surface area contributed by atoms with Crippen LogP contribution in [0, 0.1) is 32.8 Å². The van der Waals surface area contributed by atoms with E-state index in [-0.39, 0.29) is 28.6 Å². The molecule has 0 spiro atoms. The zero-order valence-corrected chi connectivity index (χ0v) is 19.5. The van der Waals surface area contributed by atoms with Crippen LogP contribution in [0.15, 0.2) is 40.6 Å². The lowest BCUT2D eigenvalue weighted by Crippen LogP contribution is -2.31. The quantitative estimate of drug-likeness (QED) is 0.250. The van der Waals surface area contributed by atoms with Crippen molar-refractivity contribution in [1.82, 2.24) is 0 Å². The smallest absolute Gasteiger partial charge is 0.272 e. The maximum absolute atomic E-state index is 11.0. The van der Waals surface area contributed by atoms with E-state index < -0.39 is 4.92 Å². The van der Waals surface area contributed by atoms with E-state index in [0.717, 1.165) is 17.8 Å². The molecule has 2 aromatic rings. The van der Waals surface area contributed by atoms with E-state index in [1.54, 1.807) is 19.2 Å². The van der Waals surface area contributed by atoms with Gasteiger partial charge in [-0.1, -0.05) is 0 Å². The molecule has 11 nitrogen and oxygen atoms in total. The molecule has 0 bridgehead atoms. The lowest BCUT2D eigenvalue weighted by Gasteiger charge is -2.26. The van der Waals surface area contributed by atoms with Crippen LogP contribution in [-0.4, -0.2) is 51.6 Å². The van der Waals surface area contributed by atoms with E-state index in [1.807, 2.05) is 32.1 Å². The number of ether oxygens (including phenoxy) is 3. The van der Waals surface area contributed by atoms with E-state index in [1.165, 1.54) is 7.11 Å². The number of hydrogen-bond acceptors (Lipinski definition) is 10. The summed E-state index contributed by atoms with van der Waals surface area (Å²) in [7, 11) is 3.17. The summed E-state index contributed by atoms with van der Waals surface area (Å²) in [5.41, 5.74) is 0.596. The number of nitriles is 2. The maximum Gasteiger partial charge on any atom is 0.272 e. The van der Waals surface area contributed by atoms with Crippen LogP contribution >= 0.6 is 0 Å². The van der Waals surface area contributed by atoms with Gasteiger partial charge in [-0.25, -0.2) is 0 Å². The Morgan fingerprint density at radius 2 is 1.71 bits per heavy atom. The molecule has 0 heterocycles. The number of hydrogen-bond donors (Lipinski definition) is 0. The van der Waals surface area contributed by atoms with Gasteiger partial charge >= 0.3 is 0 Å². The van der Waals surface area contributed by atoms with Crippen molar-refractivity contribution in [3.8, 4) is 17.9 Å². The first kappa shape index (κ1) is 26.2. The summed E-state index contributed by atoms with van der Waals surface area (Å²) in [6.07, 6.45) is 0.116. The standard InChI is InChI=1S/C23H26N6O5/c1-16(2)34-10-8-28(7-9-32-3)21-6-5-19(13-22(21)33-4)26-27-23-17(14-24)11-20(29(30)31)12-18(23)15-25/h5-6,11-13,16H,7-10H2,1-4H3. The van der Waals surface area contributed by atoms with Crippen molar-refractivity contribution < 1.29 is 19.1 Å². The molecule has 2 rings (SSSR count). The summed E-state index contributed by atoms with van der Waals surface area (Å²) in [5.74, 6) is 0.543. The number of methoxy groups -OCH3 is 2. The Hall–Kier alpha value is -4.06. The van der Waals surface area contributed by atoms with Gasteiger partial charge in [-0.15, -0.1) is 5.11 Å². The number of non-ortho nitro benzene ring substituents is 1. The van der Waals surface area contributed by atoms with Crippen LogP contribution in [-0.2, 0) is 9.47 Å². The van der Waals surface area contributed by atoms with Crippen LogP contribution < -0.4 is 9.64 Å². The number of nitro groups is 1. The number of nitro benzene ring substituents is 1. The second kappa shape index (κ2) is 12.8. The fourth-order valence-corrected chi connectivity index (χ4v) is 3.05. The molecule has 178 valence electrons. The predicted octanol–water partition coefficient (Wildman–Crippen LogP) is 4.64. The molecule has 0 saturated carbocycles. The normalized spacial score (nSPS) is 10.8. The maximum atomic E-state index is 11.0. The Morgan fingerprint density at radius 1 is 1.06 bits per heavy atom. The van der Waals surface area contributed by atoms with E-state index in [4.69, 9.17) is 14.2 Å². The van der Waals surface area contributed by atoms with Crippen molar-refractivity contribution in [3.63, 3.8) is 0 Å². The molecule has 0 aromatic heterocycles. The first-order valence-corrected chi connectivity index (χ1v) is 10.4. The zero-order valence-electron chi connectivity index (χ0n) is 19.5. The minimum absolute atomic E-state index is 0.0359. The van der Waals surface area contributed by atoms with Gasteiger partial charge in [0.25, 0.3) is 5.69 Å². The fraction of sp³-hybridized carbons (Fsp3) is 0.391. The van der Waals surface area contributed by atoms with Gasteiger partial charge in [0.15, 0.2) is 0 Å². The first-order valence-electron chi connectivity index (χ1n) is 10.4. The predicted molar refractivity (Wildman–Crippen MR) is 125 cm³/mol. The first-order chi connectivity index (χ1) is 16.3. The van der Waals surface area contributed by atoms with Gasteiger partial charge in [-0.05, 0) is 26.0 Å². The molecule has 0 fully saturated rings. The highest BCUT2D eigenvalue weighted by Gasteiger charge is 2.17. The summed E-state index contributed by atoms with van der Waals surface area (Å²) in [4.78, 5) is 12.4. The SMILES string of the molecule is COCCN(CCOC(C)C)c1ccc(N=Nc2c(C#N)cc([N+](=O)[O-])cc2C#N)cc1OC. The monoisotopic (exact) mass is 466 g/mol. The number of rotatable bonds is 12. The van der Waals surface area contributed by atoms with Crippen molar-refractivity contribution in [1.29, 1.82) is 10.5 Å². The van der Waals surface area contributed by atoms with Gasteiger partial charge in [0.05, 0.1) is 53.9 Å². The number of nitrogens with zero attached hydrogens (tertiary/aromatic N) is 6. The Kier molecular flexibility index (Phi) is 9.90. The molecule has 0 aliphatic heterocycles. The van der Waals surface area contributed by atoms with Crippen LogP contribution in [0.4, 0.5) is 22.7 Å². The van der Waals surface area contributed by atoms with Crippen molar-refractivity contribution in [2.75, 3.05) is 45.4 Å². The van der Waals surface area contributed by atoms with Crippen molar-refractivity contribution in [3.05, 3.63) is 51.6 Å². The molecule has 11 heteroatoms. The molecule has 0 saturated heterocycles. The van der Waals surface area contributed by atoms with Crippen LogP contribution in [0.25, 0.3) is 0 Å². The molecule has 0 aliphatic rings. The molecular formula is C23H26N6O5. The minimum Gasteiger partial charge on any atom is -0.495 e.